The van der Waals surface area contributed by atoms with E-state index in [9.17, 15) is 5.11 Å². The number of hydrogen-bond donors (Lipinski definition) is 2. The van der Waals surface area contributed by atoms with E-state index in [2.05, 4.69) is 162 Å². The highest BCUT2D eigenvalue weighted by Crippen LogP contribution is 2.48. The lowest BCUT2D eigenvalue weighted by Gasteiger charge is -2.25. The molecule has 2 heterocycles. The maximum absolute atomic E-state index is 11.6. The molecular formula is C64H56N2O3. The molecule has 11 aromatic rings. The van der Waals surface area contributed by atoms with E-state index in [1.807, 2.05) is 42.5 Å². The number of furan rings is 2. The number of para-hydroxylation sites is 4. The normalized spacial score (nSPS) is 14.6. The van der Waals surface area contributed by atoms with Crippen LogP contribution in [0.25, 0.3) is 65.8 Å². The minimum atomic E-state index is 0.416. The van der Waals surface area contributed by atoms with Crippen LogP contribution in [0.1, 0.15) is 87.2 Å². The van der Waals surface area contributed by atoms with Gasteiger partial charge < -0.3 is 24.2 Å². The smallest absolute Gasteiger partial charge is 0.159 e. The van der Waals surface area contributed by atoms with Crippen molar-refractivity contribution in [1.29, 1.82) is 0 Å². The Hall–Kier alpha value is -7.76. The van der Waals surface area contributed by atoms with Crippen molar-refractivity contribution in [3.8, 4) is 16.9 Å². The lowest BCUT2D eigenvalue weighted by Crippen LogP contribution is -2.10. The Kier molecular flexibility index (Phi) is 11.6. The first-order valence-corrected chi connectivity index (χ1v) is 25.0. The van der Waals surface area contributed by atoms with E-state index >= 15 is 0 Å². The highest BCUT2D eigenvalue weighted by atomic mass is 16.3. The number of phenols is 1. The van der Waals surface area contributed by atoms with E-state index in [1.54, 1.807) is 0 Å². The molecule has 2 aromatic heterocycles. The van der Waals surface area contributed by atoms with Gasteiger partial charge in [0.15, 0.2) is 5.58 Å². The number of phenolic OH excluding ortho intramolecular Hbond substituents is 1. The number of anilines is 5. The zero-order valence-electron chi connectivity index (χ0n) is 38.9. The highest BCUT2D eigenvalue weighted by molar-refractivity contribution is 6.22. The SMILES string of the molecule is Oc1c(-c2cccc(Nc3cc4oc5cc(N(c6ccccc6)c6cccc7c6oc6c(C8CCCCC8)cccc67)ccc5c4c4ccccc34)c2)cccc1C1CCCCC1.c1ccccc1. The third kappa shape index (κ3) is 8.16. The van der Waals surface area contributed by atoms with Gasteiger partial charge in [-0.3, -0.25) is 0 Å². The topological polar surface area (TPSA) is 61.8 Å². The number of fused-ring (bicyclic) bond motifs is 8. The van der Waals surface area contributed by atoms with Gasteiger partial charge in [-0.1, -0.05) is 178 Å². The molecular weight excluding hydrogens is 845 g/mol. The largest absolute Gasteiger partial charge is 0.507 e. The number of benzene rings is 9. The number of hydrogen-bond acceptors (Lipinski definition) is 5. The standard InChI is InChI=1S/C58H50N2O3.C6H6/c61-56-43(37-16-4-1-5-17-37)26-13-27-44(56)39-20-12-21-40(34-39)59-51-36-54-55(47-25-11-10-24-46(47)51)50-33-32-42(35-53(50)62-54)60(41-22-8-3-9-23-41)52-31-15-30-49-48-29-14-28-45(57(48)63-58(49)52)38-18-6-2-7-19-38;1-2-4-6-5-3-1/h3,8-15,20-38,59,61H,1-2,4-7,16-19H2;1-6H. The molecule has 2 aliphatic rings. The summed E-state index contributed by atoms with van der Waals surface area (Å²) in [6.45, 7) is 0. The minimum absolute atomic E-state index is 0.416. The molecule has 340 valence electrons. The Labute approximate surface area is 403 Å². The molecule has 0 bridgehead atoms. The van der Waals surface area contributed by atoms with Crippen molar-refractivity contribution in [2.75, 3.05) is 10.2 Å². The molecule has 9 aromatic carbocycles. The zero-order valence-corrected chi connectivity index (χ0v) is 38.9. The van der Waals surface area contributed by atoms with Gasteiger partial charge in [-0.05, 0) is 102 Å². The Morgan fingerprint density at radius 3 is 1.80 bits per heavy atom. The summed E-state index contributed by atoms with van der Waals surface area (Å²) in [4.78, 5) is 2.30. The van der Waals surface area contributed by atoms with E-state index in [4.69, 9.17) is 8.83 Å². The molecule has 0 amide bonds. The fourth-order valence-electron chi connectivity index (χ4n) is 11.5. The van der Waals surface area contributed by atoms with Crippen LogP contribution >= 0.6 is 0 Å². The first-order chi connectivity index (χ1) is 34.2. The van der Waals surface area contributed by atoms with Crippen LogP contribution in [-0.4, -0.2) is 5.11 Å². The molecule has 2 aliphatic carbocycles. The second kappa shape index (κ2) is 18.7. The second-order valence-electron chi connectivity index (χ2n) is 19.0. The third-order valence-corrected chi connectivity index (χ3v) is 14.8. The van der Waals surface area contributed by atoms with Gasteiger partial charge in [0.25, 0.3) is 0 Å². The monoisotopic (exact) mass is 900 g/mol. The van der Waals surface area contributed by atoms with Crippen molar-refractivity contribution in [2.45, 2.75) is 76.0 Å². The Bertz CT molecular complexity index is 3550. The number of nitrogens with zero attached hydrogens (tertiary/aromatic N) is 1. The van der Waals surface area contributed by atoms with E-state index in [0.717, 1.165) is 107 Å². The highest BCUT2D eigenvalue weighted by Gasteiger charge is 2.25. The van der Waals surface area contributed by atoms with Crippen LogP contribution in [0.2, 0.25) is 0 Å². The van der Waals surface area contributed by atoms with Gasteiger partial charge in [0.05, 0.1) is 17.1 Å². The maximum Gasteiger partial charge on any atom is 0.159 e. The lowest BCUT2D eigenvalue weighted by atomic mass is 9.82. The van der Waals surface area contributed by atoms with Crippen molar-refractivity contribution < 1.29 is 13.9 Å². The molecule has 0 unspecified atom stereocenters. The maximum atomic E-state index is 11.6. The summed E-state index contributed by atoms with van der Waals surface area (Å²) in [5.41, 5.74) is 12.8. The van der Waals surface area contributed by atoms with Crippen molar-refractivity contribution in [3.05, 3.63) is 205 Å². The van der Waals surface area contributed by atoms with Gasteiger partial charge in [0.1, 0.15) is 22.5 Å². The van der Waals surface area contributed by atoms with Gasteiger partial charge in [-0.15, -0.1) is 0 Å². The van der Waals surface area contributed by atoms with E-state index < -0.39 is 0 Å². The number of aromatic hydroxyl groups is 1. The average Bonchev–Trinajstić information content (AvgIpc) is 3.99. The van der Waals surface area contributed by atoms with Gasteiger partial charge in [-0.25, -0.2) is 0 Å². The molecule has 0 atom stereocenters. The van der Waals surface area contributed by atoms with Crippen molar-refractivity contribution in [3.63, 3.8) is 0 Å². The summed E-state index contributed by atoms with van der Waals surface area (Å²) in [5.74, 6) is 1.37. The van der Waals surface area contributed by atoms with Gasteiger partial charge in [0.2, 0.25) is 0 Å². The molecule has 2 N–H and O–H groups in total. The summed E-state index contributed by atoms with van der Waals surface area (Å²) in [5, 5.41) is 22.0. The lowest BCUT2D eigenvalue weighted by molar-refractivity contribution is 0.415. The molecule has 2 fully saturated rings. The third-order valence-electron chi connectivity index (χ3n) is 14.8. The van der Waals surface area contributed by atoms with Crippen LogP contribution in [0.3, 0.4) is 0 Å². The van der Waals surface area contributed by atoms with Gasteiger partial charge >= 0.3 is 0 Å². The molecule has 0 spiro atoms. The van der Waals surface area contributed by atoms with Crippen LogP contribution in [0.15, 0.2) is 203 Å². The quantitative estimate of drug-likeness (QED) is 0.159. The fourth-order valence-corrected chi connectivity index (χ4v) is 11.5. The predicted octanol–water partition coefficient (Wildman–Crippen LogP) is 19.0. The Morgan fingerprint density at radius 1 is 0.435 bits per heavy atom. The summed E-state index contributed by atoms with van der Waals surface area (Å²) >= 11 is 0. The second-order valence-corrected chi connectivity index (χ2v) is 19.0. The van der Waals surface area contributed by atoms with Crippen molar-refractivity contribution in [1.82, 2.24) is 0 Å². The molecule has 0 saturated heterocycles. The average molecular weight is 901 g/mol. The van der Waals surface area contributed by atoms with Crippen LogP contribution in [-0.2, 0) is 0 Å². The van der Waals surface area contributed by atoms with E-state index in [1.165, 1.54) is 62.3 Å². The van der Waals surface area contributed by atoms with Crippen LogP contribution in [0.5, 0.6) is 5.75 Å². The summed E-state index contributed by atoms with van der Waals surface area (Å²) in [6.07, 6.45) is 12.3. The Morgan fingerprint density at radius 2 is 1.04 bits per heavy atom. The first-order valence-electron chi connectivity index (χ1n) is 25.0. The molecule has 5 heteroatoms. The molecule has 0 radical (unpaired) electrons. The summed E-state index contributed by atoms with van der Waals surface area (Å²) in [7, 11) is 0. The molecule has 0 aliphatic heterocycles. The molecule has 5 nitrogen and oxygen atoms in total. The van der Waals surface area contributed by atoms with Crippen LogP contribution < -0.4 is 10.2 Å². The zero-order chi connectivity index (χ0) is 46.1. The van der Waals surface area contributed by atoms with Gasteiger partial charge in [0, 0.05) is 56.0 Å². The van der Waals surface area contributed by atoms with Gasteiger partial charge in [-0.2, -0.15) is 0 Å². The van der Waals surface area contributed by atoms with Crippen LogP contribution in [0.4, 0.5) is 28.4 Å². The number of nitrogens with one attached hydrogen (secondary N) is 1. The molecule has 13 rings (SSSR count). The summed E-state index contributed by atoms with van der Waals surface area (Å²) in [6, 6.07) is 67.8. The van der Waals surface area contributed by atoms with E-state index in [-0.39, 0.29) is 0 Å². The Balaban J connectivity index is 0.000000765. The fraction of sp³-hybridized carbons (Fsp3) is 0.188. The minimum Gasteiger partial charge on any atom is -0.507 e. The molecule has 69 heavy (non-hydrogen) atoms. The van der Waals surface area contributed by atoms with Crippen molar-refractivity contribution in [2.24, 2.45) is 0 Å². The van der Waals surface area contributed by atoms with Crippen molar-refractivity contribution >= 4 is 83.1 Å². The van der Waals surface area contributed by atoms with Crippen LogP contribution in [0, 0.1) is 0 Å². The number of rotatable bonds is 8. The van der Waals surface area contributed by atoms with E-state index in [0.29, 0.717) is 17.6 Å². The molecule has 2 saturated carbocycles. The predicted molar refractivity (Wildman–Crippen MR) is 288 cm³/mol. The first kappa shape index (κ1) is 42.6. The summed E-state index contributed by atoms with van der Waals surface area (Å²) < 4.78 is 13.9.